The van der Waals surface area contributed by atoms with Gasteiger partial charge in [-0.25, -0.2) is 9.67 Å². The molecule has 0 aromatic carbocycles. The Kier molecular flexibility index (Phi) is 3.98. The Labute approximate surface area is 105 Å². The van der Waals surface area contributed by atoms with E-state index in [0.717, 1.165) is 12.4 Å². The van der Waals surface area contributed by atoms with Crippen molar-refractivity contribution in [2.24, 2.45) is 13.0 Å². The Morgan fingerprint density at radius 3 is 2.89 bits per heavy atom. The lowest BCUT2D eigenvalue weighted by Gasteiger charge is -2.07. The van der Waals surface area contributed by atoms with Gasteiger partial charge in [0.05, 0.1) is 13.6 Å². The second-order valence-corrected chi connectivity index (χ2v) is 4.55. The number of hydrogen-bond acceptors (Lipinski definition) is 6. The lowest BCUT2D eigenvalue weighted by atomic mass is 10.2. The quantitative estimate of drug-likeness (QED) is 0.750. The zero-order valence-corrected chi connectivity index (χ0v) is 10.9. The Hall–Kier alpha value is -1.83. The number of aromatic nitrogens is 7. The molecule has 0 amide bonds. The van der Waals surface area contributed by atoms with Crippen LogP contribution in [0.5, 0.6) is 0 Å². The van der Waals surface area contributed by atoms with E-state index in [1.807, 2.05) is 0 Å². The van der Waals surface area contributed by atoms with E-state index in [1.165, 1.54) is 4.80 Å². The number of hydrogen-bond donors (Lipinski definition) is 1. The van der Waals surface area contributed by atoms with Crippen molar-refractivity contribution in [2.45, 2.75) is 26.9 Å². The van der Waals surface area contributed by atoms with Crippen LogP contribution in [-0.2, 0) is 20.1 Å². The predicted octanol–water partition coefficient (Wildman–Crippen LogP) is -0.404. The second-order valence-electron chi connectivity index (χ2n) is 4.55. The Balaban J connectivity index is 1.95. The van der Waals surface area contributed by atoms with Crippen molar-refractivity contribution in [3.8, 4) is 0 Å². The van der Waals surface area contributed by atoms with Gasteiger partial charge in [-0.1, -0.05) is 13.8 Å². The lowest BCUT2D eigenvalue weighted by Crippen LogP contribution is -2.22. The van der Waals surface area contributed by atoms with Gasteiger partial charge in [-0.15, -0.1) is 10.2 Å². The monoisotopic (exact) mass is 250 g/mol. The van der Waals surface area contributed by atoms with E-state index in [9.17, 15) is 0 Å². The highest BCUT2D eigenvalue weighted by Crippen LogP contribution is 1.98. The molecule has 18 heavy (non-hydrogen) atoms. The predicted molar refractivity (Wildman–Crippen MR) is 64.5 cm³/mol. The standard InChI is InChI=1S/C10H18N8/c1-8(2)4-11-5-10-12-7-13-18(10)6-9-14-16-17(3)15-9/h7-8,11H,4-6H2,1-3H3. The highest BCUT2D eigenvalue weighted by molar-refractivity contribution is 4.88. The molecule has 0 aliphatic carbocycles. The minimum Gasteiger partial charge on any atom is -0.310 e. The van der Waals surface area contributed by atoms with Crippen molar-refractivity contribution in [3.05, 3.63) is 18.0 Å². The van der Waals surface area contributed by atoms with Gasteiger partial charge >= 0.3 is 0 Å². The first-order valence-corrected chi connectivity index (χ1v) is 5.95. The maximum Gasteiger partial charge on any atom is 0.196 e. The highest BCUT2D eigenvalue weighted by Gasteiger charge is 2.08. The number of tetrazole rings is 1. The van der Waals surface area contributed by atoms with E-state index >= 15 is 0 Å². The normalized spacial score (nSPS) is 11.3. The topological polar surface area (TPSA) is 86.3 Å². The third-order valence-electron chi connectivity index (χ3n) is 2.37. The molecule has 0 fully saturated rings. The van der Waals surface area contributed by atoms with E-state index in [0.29, 0.717) is 24.8 Å². The summed E-state index contributed by atoms with van der Waals surface area (Å²) in [6.45, 7) is 6.48. The molecule has 0 unspecified atom stereocenters. The molecule has 0 aliphatic rings. The molecule has 98 valence electrons. The van der Waals surface area contributed by atoms with E-state index in [1.54, 1.807) is 18.1 Å². The average Bonchev–Trinajstić information content (AvgIpc) is 2.89. The summed E-state index contributed by atoms with van der Waals surface area (Å²) in [5.41, 5.74) is 0. The average molecular weight is 250 g/mol. The van der Waals surface area contributed by atoms with Gasteiger partial charge in [0.15, 0.2) is 5.82 Å². The lowest BCUT2D eigenvalue weighted by molar-refractivity contribution is 0.519. The first-order valence-electron chi connectivity index (χ1n) is 5.95. The molecule has 2 rings (SSSR count). The largest absolute Gasteiger partial charge is 0.310 e. The molecule has 2 heterocycles. The van der Waals surface area contributed by atoms with Crippen LogP contribution in [0.15, 0.2) is 6.33 Å². The molecule has 0 spiro atoms. The van der Waals surface area contributed by atoms with Crippen LogP contribution in [-0.4, -0.2) is 41.5 Å². The molecule has 0 aliphatic heterocycles. The summed E-state index contributed by atoms with van der Waals surface area (Å²) in [6.07, 6.45) is 1.54. The fourth-order valence-corrected chi connectivity index (χ4v) is 1.55. The van der Waals surface area contributed by atoms with Gasteiger partial charge in [0, 0.05) is 0 Å². The zero-order valence-electron chi connectivity index (χ0n) is 10.9. The molecule has 1 N–H and O–H groups in total. The Morgan fingerprint density at radius 1 is 1.39 bits per heavy atom. The summed E-state index contributed by atoms with van der Waals surface area (Å²) in [5, 5.41) is 19.3. The summed E-state index contributed by atoms with van der Waals surface area (Å²) in [6, 6.07) is 0. The van der Waals surface area contributed by atoms with E-state index < -0.39 is 0 Å². The maximum atomic E-state index is 4.22. The van der Waals surface area contributed by atoms with Gasteiger partial charge in [-0.3, -0.25) is 0 Å². The molecule has 2 aromatic rings. The molecule has 0 saturated heterocycles. The zero-order chi connectivity index (χ0) is 13.0. The van der Waals surface area contributed by atoms with Gasteiger partial charge < -0.3 is 5.32 Å². The molecule has 8 nitrogen and oxygen atoms in total. The summed E-state index contributed by atoms with van der Waals surface area (Å²) in [4.78, 5) is 5.66. The van der Waals surface area contributed by atoms with Gasteiger partial charge in [0.1, 0.15) is 18.7 Å². The van der Waals surface area contributed by atoms with Crippen LogP contribution in [0.4, 0.5) is 0 Å². The smallest absolute Gasteiger partial charge is 0.196 e. The van der Waals surface area contributed by atoms with E-state index in [4.69, 9.17) is 0 Å². The minimum atomic E-state index is 0.493. The van der Waals surface area contributed by atoms with E-state index in [-0.39, 0.29) is 0 Å². The van der Waals surface area contributed by atoms with Crippen LogP contribution in [0.25, 0.3) is 0 Å². The summed E-state index contributed by atoms with van der Waals surface area (Å²) in [7, 11) is 1.74. The van der Waals surface area contributed by atoms with E-state index in [2.05, 4.69) is 44.7 Å². The maximum absolute atomic E-state index is 4.22. The minimum absolute atomic E-state index is 0.493. The number of aryl methyl sites for hydroxylation is 1. The van der Waals surface area contributed by atoms with Crippen LogP contribution in [0, 0.1) is 5.92 Å². The molecule has 0 bridgehead atoms. The first-order chi connectivity index (χ1) is 8.65. The summed E-state index contributed by atoms with van der Waals surface area (Å²) >= 11 is 0. The first kappa shape index (κ1) is 12.6. The van der Waals surface area contributed by atoms with Crippen molar-refractivity contribution in [2.75, 3.05) is 6.54 Å². The highest BCUT2D eigenvalue weighted by atomic mass is 15.6. The third-order valence-corrected chi connectivity index (χ3v) is 2.37. The fraction of sp³-hybridized carbons (Fsp3) is 0.700. The van der Waals surface area contributed by atoms with Gasteiger partial charge in [-0.05, 0) is 17.7 Å². The molecule has 0 saturated carbocycles. The molecule has 2 aromatic heterocycles. The fourth-order valence-electron chi connectivity index (χ4n) is 1.55. The molecule has 8 heteroatoms. The van der Waals surface area contributed by atoms with Crippen LogP contribution in [0.1, 0.15) is 25.5 Å². The van der Waals surface area contributed by atoms with Crippen LogP contribution in [0.2, 0.25) is 0 Å². The Morgan fingerprint density at radius 2 is 2.22 bits per heavy atom. The number of nitrogens with zero attached hydrogens (tertiary/aromatic N) is 7. The van der Waals surface area contributed by atoms with Crippen LogP contribution in [0.3, 0.4) is 0 Å². The van der Waals surface area contributed by atoms with Crippen LogP contribution < -0.4 is 5.32 Å². The third kappa shape index (κ3) is 3.33. The SMILES string of the molecule is CC(C)CNCc1ncnn1Cc1nnn(C)n1. The van der Waals surface area contributed by atoms with Crippen molar-refractivity contribution in [1.29, 1.82) is 0 Å². The molecule has 0 radical (unpaired) electrons. The number of rotatable bonds is 6. The second kappa shape index (κ2) is 5.67. The van der Waals surface area contributed by atoms with Crippen molar-refractivity contribution in [3.63, 3.8) is 0 Å². The van der Waals surface area contributed by atoms with Gasteiger partial charge in [-0.2, -0.15) is 9.90 Å². The van der Waals surface area contributed by atoms with Gasteiger partial charge in [0.25, 0.3) is 0 Å². The van der Waals surface area contributed by atoms with Gasteiger partial charge in [0.2, 0.25) is 0 Å². The molecular formula is C10H18N8. The Bertz CT molecular complexity index is 486. The number of nitrogens with one attached hydrogen (secondary N) is 1. The van der Waals surface area contributed by atoms with Crippen molar-refractivity contribution >= 4 is 0 Å². The molecule has 0 atom stereocenters. The van der Waals surface area contributed by atoms with Crippen molar-refractivity contribution < 1.29 is 0 Å². The van der Waals surface area contributed by atoms with Crippen molar-refractivity contribution in [1.82, 2.24) is 40.3 Å². The summed E-state index contributed by atoms with van der Waals surface area (Å²) < 4.78 is 1.78. The van der Waals surface area contributed by atoms with Crippen LogP contribution >= 0.6 is 0 Å². The summed E-state index contributed by atoms with van der Waals surface area (Å²) in [5.74, 6) is 2.12. The molecular weight excluding hydrogens is 232 g/mol.